The Morgan fingerprint density at radius 3 is 2.29 bits per heavy atom. The molecule has 0 spiro atoms. The molecule has 2 N–H and O–H groups in total. The van der Waals surface area contributed by atoms with E-state index in [9.17, 15) is 10.2 Å². The highest BCUT2D eigenvalue weighted by molar-refractivity contribution is 5.14. The summed E-state index contributed by atoms with van der Waals surface area (Å²) in [6.45, 7) is 14.8. The summed E-state index contributed by atoms with van der Waals surface area (Å²) in [4.78, 5) is 0. The van der Waals surface area contributed by atoms with E-state index in [1.807, 2.05) is 0 Å². The predicted octanol–water partition coefficient (Wildman–Crippen LogP) is 7.22. The number of hydrogen-bond acceptors (Lipinski definition) is 2. The van der Waals surface area contributed by atoms with Crippen LogP contribution in [0.1, 0.15) is 119 Å². The predicted molar refractivity (Wildman–Crippen MR) is 130 cm³/mol. The fraction of sp³-hybridized carbons (Fsp3) is 1.00. The highest BCUT2D eigenvalue weighted by atomic mass is 16.3. The van der Waals surface area contributed by atoms with Gasteiger partial charge in [-0.1, -0.05) is 54.4 Å². The Morgan fingerprint density at radius 2 is 1.61 bits per heavy atom. The molecule has 0 aromatic rings. The Morgan fingerprint density at radius 1 is 0.871 bits per heavy atom. The Hall–Kier alpha value is -0.0800. The standard InChI is InChI=1S/C29H52O2/c1-7-21(19(2)3)9-8-20(4)24-10-11-25-23-13-17-29(31)18-22(30)12-16-28(29,6)26(23)14-15-27(24,25)5/h19-26,30-31H,7-18H2,1-6H3/t20-,21-,22+,23-,24-,25-,26+,27-,28-,29+/m1/s1. The second-order valence-electron chi connectivity index (χ2n) is 13.5. The van der Waals surface area contributed by atoms with E-state index >= 15 is 0 Å². The molecule has 180 valence electrons. The maximum absolute atomic E-state index is 11.6. The number of aliphatic hydroxyl groups is 2. The summed E-state index contributed by atoms with van der Waals surface area (Å²) < 4.78 is 0. The quantitative estimate of drug-likeness (QED) is 0.465. The van der Waals surface area contributed by atoms with Gasteiger partial charge < -0.3 is 10.2 Å². The van der Waals surface area contributed by atoms with E-state index in [1.54, 1.807) is 0 Å². The van der Waals surface area contributed by atoms with Crippen molar-refractivity contribution in [1.29, 1.82) is 0 Å². The number of aliphatic hydroxyl groups excluding tert-OH is 1. The third-order valence-corrected chi connectivity index (χ3v) is 12.0. The molecular weight excluding hydrogens is 380 g/mol. The van der Waals surface area contributed by atoms with Crippen LogP contribution in [-0.4, -0.2) is 21.9 Å². The maximum Gasteiger partial charge on any atom is 0.0728 e. The molecule has 0 bridgehead atoms. The van der Waals surface area contributed by atoms with E-state index in [-0.39, 0.29) is 11.5 Å². The lowest BCUT2D eigenvalue weighted by Gasteiger charge is -2.64. The molecule has 4 saturated carbocycles. The summed E-state index contributed by atoms with van der Waals surface area (Å²) in [5.74, 6) is 5.77. The first-order valence-corrected chi connectivity index (χ1v) is 14.0. The van der Waals surface area contributed by atoms with Gasteiger partial charge in [0.25, 0.3) is 0 Å². The van der Waals surface area contributed by atoms with Crippen LogP contribution in [0.4, 0.5) is 0 Å². The van der Waals surface area contributed by atoms with Crippen molar-refractivity contribution in [1.82, 2.24) is 0 Å². The minimum atomic E-state index is -0.628. The second kappa shape index (κ2) is 8.61. The first kappa shape index (κ1) is 24.1. The highest BCUT2D eigenvalue weighted by Crippen LogP contribution is 2.69. The molecule has 4 aliphatic carbocycles. The summed E-state index contributed by atoms with van der Waals surface area (Å²) in [7, 11) is 0. The molecule has 0 heterocycles. The minimum Gasteiger partial charge on any atom is -0.393 e. The van der Waals surface area contributed by atoms with Gasteiger partial charge in [0.2, 0.25) is 0 Å². The largest absolute Gasteiger partial charge is 0.393 e. The van der Waals surface area contributed by atoms with Gasteiger partial charge in [-0.2, -0.15) is 0 Å². The zero-order valence-corrected chi connectivity index (χ0v) is 21.5. The van der Waals surface area contributed by atoms with Gasteiger partial charge in [0.1, 0.15) is 0 Å². The van der Waals surface area contributed by atoms with Gasteiger partial charge in [0.05, 0.1) is 11.7 Å². The van der Waals surface area contributed by atoms with E-state index in [1.165, 1.54) is 51.4 Å². The molecule has 4 rings (SSSR count). The van der Waals surface area contributed by atoms with Gasteiger partial charge in [0.15, 0.2) is 0 Å². The van der Waals surface area contributed by atoms with Crippen molar-refractivity contribution in [3.63, 3.8) is 0 Å². The van der Waals surface area contributed by atoms with Crippen molar-refractivity contribution in [2.75, 3.05) is 0 Å². The molecule has 4 fully saturated rings. The second-order valence-corrected chi connectivity index (χ2v) is 13.5. The lowest BCUT2D eigenvalue weighted by atomic mass is 9.43. The molecular formula is C29H52O2. The van der Waals surface area contributed by atoms with Crippen LogP contribution in [0.15, 0.2) is 0 Å². The molecule has 10 atom stereocenters. The average Bonchev–Trinajstić information content (AvgIpc) is 3.06. The lowest BCUT2D eigenvalue weighted by Crippen LogP contribution is -2.62. The first-order chi connectivity index (χ1) is 14.6. The SMILES string of the molecule is CC[C@H](CC[C@@H](C)[C@H]1CC[C@@H]2[C@H]3CC[C@]4(O)C[C@@H](O)CC[C@]4(C)[C@H]3CC[C@@]21C)C(C)C. The third-order valence-electron chi connectivity index (χ3n) is 12.0. The molecule has 0 aromatic carbocycles. The van der Waals surface area contributed by atoms with E-state index in [4.69, 9.17) is 0 Å². The van der Waals surface area contributed by atoms with E-state index in [0.717, 1.165) is 54.8 Å². The van der Waals surface area contributed by atoms with Crippen LogP contribution in [0.3, 0.4) is 0 Å². The van der Waals surface area contributed by atoms with Crippen molar-refractivity contribution in [2.24, 2.45) is 52.3 Å². The zero-order chi connectivity index (χ0) is 22.6. The molecule has 0 amide bonds. The molecule has 2 nitrogen and oxygen atoms in total. The molecule has 0 aliphatic heterocycles. The van der Waals surface area contributed by atoms with Gasteiger partial charge in [-0.3, -0.25) is 0 Å². The summed E-state index contributed by atoms with van der Waals surface area (Å²) in [6, 6.07) is 0. The summed E-state index contributed by atoms with van der Waals surface area (Å²) in [5, 5.41) is 21.9. The van der Waals surface area contributed by atoms with Gasteiger partial charge in [0, 0.05) is 6.42 Å². The molecule has 31 heavy (non-hydrogen) atoms. The van der Waals surface area contributed by atoms with Crippen LogP contribution in [0.5, 0.6) is 0 Å². The Balaban J connectivity index is 1.48. The fourth-order valence-electron chi connectivity index (χ4n) is 9.89. The van der Waals surface area contributed by atoms with Crippen molar-refractivity contribution in [3.05, 3.63) is 0 Å². The monoisotopic (exact) mass is 432 g/mol. The Kier molecular flexibility index (Phi) is 6.68. The van der Waals surface area contributed by atoms with Crippen LogP contribution in [0, 0.1) is 52.3 Å². The van der Waals surface area contributed by atoms with Gasteiger partial charge in [-0.05, 0) is 110 Å². The normalized spacial score (nSPS) is 49.3. The van der Waals surface area contributed by atoms with Crippen molar-refractivity contribution in [2.45, 2.75) is 130 Å². The fourth-order valence-corrected chi connectivity index (χ4v) is 9.89. The van der Waals surface area contributed by atoms with E-state index in [0.29, 0.717) is 17.8 Å². The number of fused-ring (bicyclic) bond motifs is 5. The molecule has 0 saturated heterocycles. The van der Waals surface area contributed by atoms with Crippen LogP contribution in [0.25, 0.3) is 0 Å². The summed E-state index contributed by atoms with van der Waals surface area (Å²) in [6.07, 6.45) is 14.0. The van der Waals surface area contributed by atoms with Crippen molar-refractivity contribution < 1.29 is 10.2 Å². The highest BCUT2D eigenvalue weighted by Gasteiger charge is 2.64. The van der Waals surface area contributed by atoms with E-state index < -0.39 is 5.60 Å². The number of rotatable bonds is 6. The van der Waals surface area contributed by atoms with Crippen LogP contribution < -0.4 is 0 Å². The smallest absolute Gasteiger partial charge is 0.0728 e. The summed E-state index contributed by atoms with van der Waals surface area (Å²) >= 11 is 0. The molecule has 0 unspecified atom stereocenters. The topological polar surface area (TPSA) is 40.5 Å². The van der Waals surface area contributed by atoms with Gasteiger partial charge in [-0.15, -0.1) is 0 Å². The zero-order valence-electron chi connectivity index (χ0n) is 21.5. The molecule has 4 aliphatic rings. The molecule has 2 heteroatoms. The molecule has 0 aromatic heterocycles. The minimum absolute atomic E-state index is 0.0196. The number of hydrogen-bond donors (Lipinski definition) is 2. The van der Waals surface area contributed by atoms with Crippen molar-refractivity contribution in [3.8, 4) is 0 Å². The average molecular weight is 433 g/mol. The third kappa shape index (κ3) is 3.84. The van der Waals surface area contributed by atoms with Crippen LogP contribution in [-0.2, 0) is 0 Å². The van der Waals surface area contributed by atoms with Gasteiger partial charge >= 0.3 is 0 Å². The lowest BCUT2D eigenvalue weighted by molar-refractivity contribution is -0.220. The maximum atomic E-state index is 11.6. The molecule has 0 radical (unpaired) electrons. The van der Waals surface area contributed by atoms with Gasteiger partial charge in [-0.25, -0.2) is 0 Å². The van der Waals surface area contributed by atoms with Crippen molar-refractivity contribution >= 4 is 0 Å². The van der Waals surface area contributed by atoms with E-state index in [2.05, 4.69) is 41.5 Å². The van der Waals surface area contributed by atoms with Crippen LogP contribution in [0.2, 0.25) is 0 Å². The Bertz CT molecular complexity index is 630. The first-order valence-electron chi connectivity index (χ1n) is 14.0. The Labute approximate surface area is 193 Å². The summed E-state index contributed by atoms with van der Waals surface area (Å²) in [5.41, 5.74) is -0.0944. The van der Waals surface area contributed by atoms with Crippen LogP contribution >= 0.6 is 0 Å².